The fraction of sp³-hybridized carbons (Fsp3) is 0.125. The minimum Gasteiger partial charge on any atom is -0.461 e. The average Bonchev–Trinajstić information content (AvgIpc) is 2.50. The molecule has 0 fully saturated rings. The number of carbonyl (C=O) groups is 1. The minimum absolute atomic E-state index is 0.157. The number of hydrogen-bond acceptors (Lipinski definition) is 5. The molecule has 0 saturated heterocycles. The van der Waals surface area contributed by atoms with Gasteiger partial charge in [-0.3, -0.25) is 0 Å². The van der Waals surface area contributed by atoms with Crippen LogP contribution < -0.4 is 4.74 Å². The molecule has 0 heterocycles. The molecule has 2 aromatic carbocycles. The number of carbonyl (C=O) groups excluding carboxylic acids is 1. The molecule has 2 rings (SSSR count). The molecule has 0 amide bonds. The predicted molar refractivity (Wildman–Crippen MR) is 77.9 cm³/mol. The quantitative estimate of drug-likeness (QED) is 0.396. The highest BCUT2D eigenvalue weighted by atomic mass is 16.5. The van der Waals surface area contributed by atoms with Crippen LogP contribution in [0, 0.1) is 0 Å². The Balaban J connectivity index is 2.23. The summed E-state index contributed by atoms with van der Waals surface area (Å²) in [4.78, 5) is 11.7. The summed E-state index contributed by atoms with van der Waals surface area (Å²) < 4.78 is 10.5. The van der Waals surface area contributed by atoms with E-state index in [4.69, 9.17) is 14.7 Å². The van der Waals surface area contributed by atoms with Crippen molar-refractivity contribution in [3.8, 4) is 11.5 Å². The molecule has 0 atom stereocenters. The summed E-state index contributed by atoms with van der Waals surface area (Å²) in [6, 6.07) is 16.0. The van der Waals surface area contributed by atoms with Crippen LogP contribution in [0.2, 0.25) is 0 Å². The van der Waals surface area contributed by atoms with Crippen molar-refractivity contribution >= 4 is 11.7 Å². The van der Waals surface area contributed by atoms with Crippen LogP contribution in [0.25, 0.3) is 0 Å². The van der Waals surface area contributed by atoms with Gasteiger partial charge in [-0.15, -0.1) is 0 Å². The fourth-order valence-corrected chi connectivity index (χ4v) is 1.75. The Hall–Kier alpha value is -2.82. The summed E-state index contributed by atoms with van der Waals surface area (Å²) >= 11 is 0. The van der Waals surface area contributed by atoms with E-state index in [0.29, 0.717) is 17.1 Å². The second-order valence-electron chi connectivity index (χ2n) is 4.11. The molecule has 1 N–H and O–H groups in total. The van der Waals surface area contributed by atoms with Gasteiger partial charge in [0.1, 0.15) is 11.5 Å². The largest absolute Gasteiger partial charge is 0.461 e. The first kappa shape index (κ1) is 14.6. The number of hydrogen-bond donors (Lipinski definition) is 1. The first-order valence-corrected chi connectivity index (χ1v) is 6.47. The Labute approximate surface area is 122 Å². The van der Waals surface area contributed by atoms with Crippen LogP contribution in [0.4, 0.5) is 0 Å². The Kier molecular flexibility index (Phi) is 4.93. The maximum Gasteiger partial charge on any atom is 0.361 e. The van der Waals surface area contributed by atoms with E-state index >= 15 is 0 Å². The molecule has 108 valence electrons. The summed E-state index contributed by atoms with van der Waals surface area (Å²) in [5.41, 5.74) is 0.264. The summed E-state index contributed by atoms with van der Waals surface area (Å²) in [6.45, 7) is 1.89. The van der Waals surface area contributed by atoms with Crippen molar-refractivity contribution in [2.24, 2.45) is 5.16 Å². The Morgan fingerprint density at radius 2 is 1.81 bits per heavy atom. The van der Waals surface area contributed by atoms with Gasteiger partial charge in [-0.1, -0.05) is 35.5 Å². The zero-order valence-electron chi connectivity index (χ0n) is 11.5. The maximum atomic E-state index is 11.7. The van der Waals surface area contributed by atoms with Gasteiger partial charge in [0.05, 0.1) is 6.61 Å². The van der Waals surface area contributed by atoms with E-state index in [1.807, 2.05) is 30.3 Å². The lowest BCUT2D eigenvalue weighted by Crippen LogP contribution is -2.18. The van der Waals surface area contributed by atoms with Gasteiger partial charge >= 0.3 is 5.97 Å². The molecule has 0 radical (unpaired) electrons. The standard InChI is InChI=1S/C16H15NO4/c1-2-20-16(18)15(17-19)12-7-6-10-14(11-12)21-13-8-4-3-5-9-13/h3-11,19H,2H2,1H3/b17-15+. The number of nitrogens with zero attached hydrogens (tertiary/aromatic N) is 1. The molecule has 0 aliphatic carbocycles. The summed E-state index contributed by atoms with van der Waals surface area (Å²) in [5.74, 6) is 0.522. The smallest absolute Gasteiger partial charge is 0.361 e. The fourth-order valence-electron chi connectivity index (χ4n) is 1.75. The first-order chi connectivity index (χ1) is 10.2. The van der Waals surface area contributed by atoms with Crippen LogP contribution in [0.15, 0.2) is 59.8 Å². The molecule has 5 heteroatoms. The molecule has 0 aromatic heterocycles. The summed E-state index contributed by atoms with van der Waals surface area (Å²) in [5, 5.41) is 12.0. The van der Waals surface area contributed by atoms with Crippen LogP contribution >= 0.6 is 0 Å². The van der Waals surface area contributed by atoms with Crippen molar-refractivity contribution in [3.63, 3.8) is 0 Å². The molecular formula is C16H15NO4. The van der Waals surface area contributed by atoms with E-state index in [0.717, 1.165) is 0 Å². The van der Waals surface area contributed by atoms with Crippen LogP contribution in [0.5, 0.6) is 11.5 Å². The Morgan fingerprint density at radius 1 is 1.10 bits per heavy atom. The molecular weight excluding hydrogens is 270 g/mol. The molecule has 0 saturated carbocycles. The number of ether oxygens (including phenoxy) is 2. The second-order valence-corrected chi connectivity index (χ2v) is 4.11. The minimum atomic E-state index is -0.683. The van der Waals surface area contributed by atoms with Gasteiger partial charge in [-0.05, 0) is 31.2 Å². The lowest BCUT2D eigenvalue weighted by molar-refractivity contribution is -0.135. The van der Waals surface area contributed by atoms with Crippen LogP contribution in [0.3, 0.4) is 0 Å². The topological polar surface area (TPSA) is 68.1 Å². The highest BCUT2D eigenvalue weighted by molar-refractivity contribution is 6.43. The third-order valence-corrected chi connectivity index (χ3v) is 2.66. The molecule has 0 aliphatic rings. The highest BCUT2D eigenvalue weighted by Gasteiger charge is 2.16. The van der Waals surface area contributed by atoms with Crippen molar-refractivity contribution in [2.75, 3.05) is 6.61 Å². The van der Waals surface area contributed by atoms with Crippen molar-refractivity contribution in [1.29, 1.82) is 0 Å². The monoisotopic (exact) mass is 285 g/mol. The summed E-state index contributed by atoms with van der Waals surface area (Å²) in [7, 11) is 0. The van der Waals surface area contributed by atoms with Gasteiger partial charge in [-0.25, -0.2) is 4.79 Å². The van der Waals surface area contributed by atoms with Crippen molar-refractivity contribution in [3.05, 3.63) is 60.2 Å². The molecule has 0 aliphatic heterocycles. The average molecular weight is 285 g/mol. The lowest BCUT2D eigenvalue weighted by atomic mass is 10.1. The van der Waals surface area contributed by atoms with Gasteiger partial charge in [-0.2, -0.15) is 0 Å². The van der Waals surface area contributed by atoms with E-state index in [2.05, 4.69) is 5.16 Å². The SMILES string of the molecule is CCOC(=O)/C(=N/O)c1cccc(Oc2ccccc2)c1. The Morgan fingerprint density at radius 3 is 2.48 bits per heavy atom. The highest BCUT2D eigenvalue weighted by Crippen LogP contribution is 2.22. The van der Waals surface area contributed by atoms with E-state index in [1.165, 1.54) is 0 Å². The van der Waals surface area contributed by atoms with Crippen LogP contribution in [-0.4, -0.2) is 23.5 Å². The molecule has 21 heavy (non-hydrogen) atoms. The predicted octanol–water partition coefficient (Wildman–Crippen LogP) is 3.22. The molecule has 0 bridgehead atoms. The van der Waals surface area contributed by atoms with Crippen molar-refractivity contribution in [2.45, 2.75) is 6.92 Å². The summed E-state index contributed by atoms with van der Waals surface area (Å²) in [6.07, 6.45) is 0. The van der Waals surface area contributed by atoms with Gasteiger partial charge in [0.15, 0.2) is 5.71 Å². The van der Waals surface area contributed by atoms with Crippen LogP contribution in [-0.2, 0) is 9.53 Å². The maximum absolute atomic E-state index is 11.7. The van der Waals surface area contributed by atoms with E-state index < -0.39 is 5.97 Å². The zero-order valence-corrected chi connectivity index (χ0v) is 11.5. The normalized spacial score (nSPS) is 11.0. The first-order valence-electron chi connectivity index (χ1n) is 6.47. The van der Waals surface area contributed by atoms with Crippen molar-refractivity contribution in [1.82, 2.24) is 0 Å². The van der Waals surface area contributed by atoms with Gasteiger partial charge in [0, 0.05) is 5.56 Å². The Bertz CT molecular complexity index is 638. The van der Waals surface area contributed by atoms with E-state index in [9.17, 15) is 4.79 Å². The van der Waals surface area contributed by atoms with Crippen LogP contribution in [0.1, 0.15) is 12.5 Å². The number of esters is 1. The lowest BCUT2D eigenvalue weighted by Gasteiger charge is -2.08. The van der Waals surface area contributed by atoms with Gasteiger partial charge in [0.2, 0.25) is 0 Å². The number of benzene rings is 2. The molecule has 0 spiro atoms. The number of rotatable bonds is 5. The van der Waals surface area contributed by atoms with Gasteiger partial charge in [0.25, 0.3) is 0 Å². The second kappa shape index (κ2) is 7.09. The molecule has 2 aromatic rings. The molecule has 0 unspecified atom stereocenters. The van der Waals surface area contributed by atoms with E-state index in [1.54, 1.807) is 31.2 Å². The third kappa shape index (κ3) is 3.82. The van der Waals surface area contributed by atoms with Crippen molar-refractivity contribution < 1.29 is 19.5 Å². The zero-order chi connectivity index (χ0) is 15.1. The molecule has 5 nitrogen and oxygen atoms in total. The third-order valence-electron chi connectivity index (χ3n) is 2.66. The van der Waals surface area contributed by atoms with Gasteiger partial charge < -0.3 is 14.7 Å². The number of para-hydroxylation sites is 1. The number of oxime groups is 1. The van der Waals surface area contributed by atoms with E-state index in [-0.39, 0.29) is 12.3 Å².